The van der Waals surface area contributed by atoms with Gasteiger partial charge in [-0.1, -0.05) is 19.1 Å². The number of aromatic nitrogens is 3. The standard InChI is InChI=1S/C17H13F6N3S/c1-2-27-13-7-9(16(18,19)20)4-3-5-11(13)14-25-12-6-10(17(21,22)23)8-24-15(12)26-14/h4-8H,2-3H2,1H3,(H,24,25,26). The molecule has 0 atom stereocenters. The molecule has 2 heterocycles. The van der Waals surface area contributed by atoms with E-state index in [1.165, 1.54) is 11.8 Å². The predicted molar refractivity (Wildman–Crippen MR) is 91.8 cm³/mol. The number of allylic oxidation sites excluding steroid dienone is 5. The lowest BCUT2D eigenvalue weighted by Gasteiger charge is -2.10. The van der Waals surface area contributed by atoms with Crippen LogP contribution in [0.1, 0.15) is 24.7 Å². The number of rotatable bonds is 3. The van der Waals surface area contributed by atoms with Crippen LogP contribution in [-0.4, -0.2) is 26.9 Å². The first-order valence-electron chi connectivity index (χ1n) is 7.85. The quantitative estimate of drug-likeness (QED) is 0.648. The topological polar surface area (TPSA) is 41.6 Å². The van der Waals surface area contributed by atoms with E-state index in [4.69, 9.17) is 0 Å². The van der Waals surface area contributed by atoms with E-state index in [2.05, 4.69) is 15.0 Å². The number of thioether (sulfide) groups is 1. The molecule has 1 N–H and O–H groups in total. The van der Waals surface area contributed by atoms with E-state index in [-0.39, 0.29) is 23.4 Å². The highest BCUT2D eigenvalue weighted by Gasteiger charge is 2.34. The van der Waals surface area contributed by atoms with E-state index in [0.717, 1.165) is 18.2 Å². The number of pyridine rings is 1. The van der Waals surface area contributed by atoms with Crippen molar-refractivity contribution in [1.82, 2.24) is 15.0 Å². The number of alkyl halides is 6. The number of halogens is 6. The minimum atomic E-state index is -4.56. The van der Waals surface area contributed by atoms with E-state index < -0.39 is 23.5 Å². The fraction of sp³-hybridized carbons (Fsp3) is 0.294. The van der Waals surface area contributed by atoms with Gasteiger partial charge >= 0.3 is 12.4 Å². The lowest BCUT2D eigenvalue weighted by atomic mass is 10.2. The van der Waals surface area contributed by atoms with Crippen molar-refractivity contribution in [2.24, 2.45) is 0 Å². The zero-order valence-electron chi connectivity index (χ0n) is 13.9. The van der Waals surface area contributed by atoms with Gasteiger partial charge in [0.2, 0.25) is 0 Å². The molecule has 0 bridgehead atoms. The molecule has 0 aliphatic heterocycles. The van der Waals surface area contributed by atoms with E-state index in [0.29, 0.717) is 22.4 Å². The summed E-state index contributed by atoms with van der Waals surface area (Å²) in [5.41, 5.74) is -1.17. The Morgan fingerprint density at radius 2 is 1.85 bits per heavy atom. The number of nitrogens with one attached hydrogen (secondary N) is 1. The largest absolute Gasteiger partial charge is 0.417 e. The maximum absolute atomic E-state index is 13.1. The summed E-state index contributed by atoms with van der Waals surface area (Å²) >= 11 is 1.20. The summed E-state index contributed by atoms with van der Waals surface area (Å²) in [6.07, 6.45) is -4.67. The predicted octanol–water partition coefficient (Wildman–Crippen LogP) is 5.89. The monoisotopic (exact) mass is 405 g/mol. The Kier molecular flexibility index (Phi) is 5.11. The Balaban J connectivity index is 2.05. The second-order valence-electron chi connectivity index (χ2n) is 5.63. The summed E-state index contributed by atoms with van der Waals surface area (Å²) in [4.78, 5) is 11.0. The molecule has 144 valence electrons. The molecule has 0 saturated heterocycles. The maximum Gasteiger partial charge on any atom is 0.417 e. The van der Waals surface area contributed by atoms with Gasteiger partial charge < -0.3 is 4.98 Å². The summed E-state index contributed by atoms with van der Waals surface area (Å²) in [7, 11) is 0. The van der Waals surface area contributed by atoms with Gasteiger partial charge in [0.25, 0.3) is 0 Å². The van der Waals surface area contributed by atoms with Gasteiger partial charge in [0.05, 0.1) is 11.1 Å². The first-order chi connectivity index (χ1) is 12.6. The average Bonchev–Trinajstić information content (AvgIpc) is 2.86. The van der Waals surface area contributed by atoms with Crippen LogP contribution in [0.3, 0.4) is 0 Å². The van der Waals surface area contributed by atoms with Gasteiger partial charge in [0.1, 0.15) is 11.3 Å². The van der Waals surface area contributed by atoms with Crippen LogP contribution in [0, 0.1) is 0 Å². The third-order valence-corrected chi connectivity index (χ3v) is 4.70. The van der Waals surface area contributed by atoms with Crippen LogP contribution >= 0.6 is 11.8 Å². The lowest BCUT2D eigenvalue weighted by molar-refractivity contribution is -0.137. The van der Waals surface area contributed by atoms with Crippen LogP contribution in [0.4, 0.5) is 26.3 Å². The fourth-order valence-electron chi connectivity index (χ4n) is 2.55. The minimum Gasteiger partial charge on any atom is -0.323 e. The molecule has 2 aromatic rings. The molecule has 0 amide bonds. The average molecular weight is 405 g/mol. The molecule has 0 spiro atoms. The Bertz CT molecular complexity index is 950. The van der Waals surface area contributed by atoms with Crippen LogP contribution in [0.2, 0.25) is 0 Å². The van der Waals surface area contributed by atoms with Crippen molar-refractivity contribution < 1.29 is 26.3 Å². The number of H-pyrrole nitrogens is 1. The zero-order valence-corrected chi connectivity index (χ0v) is 14.7. The minimum absolute atomic E-state index is 0.00479. The van der Waals surface area contributed by atoms with E-state index in [9.17, 15) is 26.3 Å². The van der Waals surface area contributed by atoms with Gasteiger partial charge in [0, 0.05) is 16.7 Å². The molecule has 0 radical (unpaired) electrons. The number of imidazole rings is 1. The van der Waals surface area contributed by atoms with Gasteiger partial charge in [-0.05, 0) is 24.3 Å². The van der Waals surface area contributed by atoms with Gasteiger partial charge in [-0.25, -0.2) is 9.97 Å². The Labute approximate surface area is 154 Å². The van der Waals surface area contributed by atoms with Crippen molar-refractivity contribution in [3.63, 3.8) is 0 Å². The van der Waals surface area contributed by atoms with Crippen LogP contribution in [-0.2, 0) is 6.18 Å². The normalized spacial score (nSPS) is 16.0. The second kappa shape index (κ2) is 7.06. The molecular weight excluding hydrogens is 392 g/mol. The molecule has 27 heavy (non-hydrogen) atoms. The SMILES string of the molecule is CCSC1=CC(C(F)(F)F)=CCC=C1c1nc2cc(C(F)(F)F)cnc2[nH]1. The van der Waals surface area contributed by atoms with Crippen LogP contribution < -0.4 is 0 Å². The number of fused-ring (bicyclic) bond motifs is 1. The molecule has 0 saturated carbocycles. The molecule has 1 aliphatic carbocycles. The summed E-state index contributed by atoms with van der Waals surface area (Å²) in [6, 6.07) is 0.856. The van der Waals surface area contributed by atoms with Crippen molar-refractivity contribution in [2.45, 2.75) is 25.7 Å². The highest BCUT2D eigenvalue weighted by atomic mass is 32.2. The van der Waals surface area contributed by atoms with Crippen molar-refractivity contribution in [3.05, 3.63) is 52.4 Å². The first kappa shape index (κ1) is 19.5. The van der Waals surface area contributed by atoms with E-state index in [1.54, 1.807) is 13.0 Å². The fourth-order valence-corrected chi connectivity index (χ4v) is 3.40. The third kappa shape index (κ3) is 4.20. The molecule has 0 unspecified atom stereocenters. The number of nitrogens with zero attached hydrogens (tertiary/aromatic N) is 2. The van der Waals surface area contributed by atoms with Crippen molar-refractivity contribution in [3.8, 4) is 0 Å². The highest BCUT2D eigenvalue weighted by molar-refractivity contribution is 8.03. The highest BCUT2D eigenvalue weighted by Crippen LogP contribution is 2.38. The Morgan fingerprint density at radius 3 is 2.48 bits per heavy atom. The van der Waals surface area contributed by atoms with Gasteiger partial charge in [0.15, 0.2) is 5.65 Å². The molecule has 10 heteroatoms. The van der Waals surface area contributed by atoms with Gasteiger partial charge in [-0.15, -0.1) is 11.8 Å². The first-order valence-corrected chi connectivity index (χ1v) is 8.84. The molecule has 3 nitrogen and oxygen atoms in total. The van der Waals surface area contributed by atoms with Crippen LogP contribution in [0.5, 0.6) is 0 Å². The zero-order chi connectivity index (χ0) is 19.8. The number of hydrogen-bond acceptors (Lipinski definition) is 3. The Morgan fingerprint density at radius 1 is 1.11 bits per heavy atom. The van der Waals surface area contributed by atoms with Crippen molar-refractivity contribution >= 4 is 28.5 Å². The van der Waals surface area contributed by atoms with E-state index >= 15 is 0 Å². The summed E-state index contributed by atoms with van der Waals surface area (Å²) in [6.45, 7) is 1.79. The van der Waals surface area contributed by atoms with Gasteiger partial charge in [-0.2, -0.15) is 26.3 Å². The van der Waals surface area contributed by atoms with Crippen LogP contribution in [0.15, 0.2) is 41.0 Å². The summed E-state index contributed by atoms with van der Waals surface area (Å²) in [5.74, 6) is 0.700. The lowest BCUT2D eigenvalue weighted by Crippen LogP contribution is -2.10. The molecule has 0 aromatic carbocycles. The smallest absolute Gasteiger partial charge is 0.323 e. The molecule has 0 fully saturated rings. The van der Waals surface area contributed by atoms with Crippen LogP contribution in [0.25, 0.3) is 16.7 Å². The van der Waals surface area contributed by atoms with Gasteiger partial charge in [-0.3, -0.25) is 0 Å². The molecule has 1 aliphatic rings. The maximum atomic E-state index is 13.1. The second-order valence-corrected chi connectivity index (χ2v) is 6.93. The Hall–Kier alpha value is -2.23. The van der Waals surface area contributed by atoms with E-state index in [1.807, 2.05) is 0 Å². The molecule has 3 rings (SSSR count). The molecular formula is C17H13F6N3S. The summed E-state index contributed by atoms with van der Waals surface area (Å²) < 4.78 is 77.8. The molecule has 2 aromatic heterocycles. The summed E-state index contributed by atoms with van der Waals surface area (Å²) in [5, 5.41) is 0. The number of aromatic amines is 1. The third-order valence-electron chi connectivity index (χ3n) is 3.76. The number of hydrogen-bond donors (Lipinski definition) is 1. The van der Waals surface area contributed by atoms with Crippen molar-refractivity contribution in [2.75, 3.05) is 5.75 Å². The van der Waals surface area contributed by atoms with Crippen molar-refractivity contribution in [1.29, 1.82) is 0 Å².